The van der Waals surface area contributed by atoms with Crippen LogP contribution in [-0.4, -0.2) is 17.1 Å². The Morgan fingerprint density at radius 2 is 1.90 bits per heavy atom. The van der Waals surface area contributed by atoms with Crippen LogP contribution in [0.15, 0.2) is 35.8 Å². The lowest BCUT2D eigenvalue weighted by Crippen LogP contribution is -2.39. The molecule has 0 spiro atoms. The standard InChI is InChI=1S/C17H24N2S/c1-13-5-7-14(8-6-13)15(12-19-17(2,3)4)11-16-18-9-10-20-16/h5-10,15,19H,11-12H2,1-4H3. The van der Waals surface area contributed by atoms with Crippen LogP contribution in [0.1, 0.15) is 42.8 Å². The van der Waals surface area contributed by atoms with Gasteiger partial charge < -0.3 is 5.32 Å². The smallest absolute Gasteiger partial charge is 0.0931 e. The van der Waals surface area contributed by atoms with E-state index in [-0.39, 0.29) is 5.54 Å². The maximum absolute atomic E-state index is 4.43. The predicted molar refractivity (Wildman–Crippen MR) is 87.5 cm³/mol. The third-order valence-electron chi connectivity index (χ3n) is 3.33. The Kier molecular flexibility index (Phi) is 4.95. The molecular weight excluding hydrogens is 264 g/mol. The predicted octanol–water partition coefficient (Wildman–Crippen LogP) is 4.17. The SMILES string of the molecule is Cc1ccc(C(CNC(C)(C)C)Cc2nccs2)cc1. The molecule has 2 aromatic rings. The molecule has 1 atom stereocenters. The molecule has 0 amide bonds. The Labute approximate surface area is 126 Å². The molecule has 0 aliphatic heterocycles. The van der Waals surface area contributed by atoms with Gasteiger partial charge in [-0.3, -0.25) is 0 Å². The fraction of sp³-hybridized carbons (Fsp3) is 0.471. The number of hydrogen-bond donors (Lipinski definition) is 1. The molecule has 1 heterocycles. The Bertz CT molecular complexity index is 509. The van der Waals surface area contributed by atoms with Crippen LogP contribution in [0.25, 0.3) is 0 Å². The third-order valence-corrected chi connectivity index (χ3v) is 4.13. The van der Waals surface area contributed by atoms with Gasteiger partial charge in [0.15, 0.2) is 0 Å². The van der Waals surface area contributed by atoms with Crippen molar-refractivity contribution in [2.75, 3.05) is 6.54 Å². The Morgan fingerprint density at radius 3 is 2.45 bits per heavy atom. The van der Waals surface area contributed by atoms with Crippen LogP contribution in [0.5, 0.6) is 0 Å². The second-order valence-electron chi connectivity index (χ2n) is 6.37. The van der Waals surface area contributed by atoms with E-state index in [4.69, 9.17) is 0 Å². The van der Waals surface area contributed by atoms with Gasteiger partial charge in [-0.1, -0.05) is 29.8 Å². The molecule has 0 saturated carbocycles. The number of rotatable bonds is 5. The maximum Gasteiger partial charge on any atom is 0.0931 e. The number of aryl methyl sites for hydroxylation is 1. The molecule has 1 aromatic carbocycles. The second-order valence-corrected chi connectivity index (χ2v) is 7.35. The van der Waals surface area contributed by atoms with E-state index in [0.717, 1.165) is 13.0 Å². The van der Waals surface area contributed by atoms with Crippen LogP contribution in [-0.2, 0) is 6.42 Å². The van der Waals surface area contributed by atoms with Crippen LogP contribution < -0.4 is 5.32 Å². The molecule has 20 heavy (non-hydrogen) atoms. The molecule has 1 aromatic heterocycles. The summed E-state index contributed by atoms with van der Waals surface area (Å²) in [5.41, 5.74) is 2.85. The maximum atomic E-state index is 4.43. The minimum absolute atomic E-state index is 0.145. The molecule has 2 rings (SSSR count). The highest BCUT2D eigenvalue weighted by Crippen LogP contribution is 2.22. The van der Waals surface area contributed by atoms with Gasteiger partial charge in [-0.2, -0.15) is 0 Å². The van der Waals surface area contributed by atoms with Gasteiger partial charge in [0.2, 0.25) is 0 Å². The van der Waals surface area contributed by atoms with Crippen molar-refractivity contribution < 1.29 is 0 Å². The highest BCUT2D eigenvalue weighted by atomic mass is 32.1. The Balaban J connectivity index is 2.12. The van der Waals surface area contributed by atoms with E-state index in [1.165, 1.54) is 16.1 Å². The van der Waals surface area contributed by atoms with Crippen LogP contribution in [0.3, 0.4) is 0 Å². The molecule has 1 N–H and O–H groups in total. The minimum Gasteiger partial charge on any atom is -0.311 e. The first-order chi connectivity index (χ1) is 9.44. The molecule has 0 aliphatic carbocycles. The average Bonchev–Trinajstić information content (AvgIpc) is 2.87. The molecule has 0 aliphatic rings. The zero-order valence-electron chi connectivity index (χ0n) is 12.8. The third kappa shape index (κ3) is 4.73. The molecule has 0 saturated heterocycles. The van der Waals surface area contributed by atoms with E-state index in [1.807, 2.05) is 6.20 Å². The molecular formula is C17H24N2S. The first-order valence-electron chi connectivity index (χ1n) is 7.14. The normalized spacial score (nSPS) is 13.4. The largest absolute Gasteiger partial charge is 0.311 e. The fourth-order valence-corrected chi connectivity index (χ4v) is 2.84. The van der Waals surface area contributed by atoms with Gasteiger partial charge in [0.1, 0.15) is 0 Å². The number of thiazole rings is 1. The quantitative estimate of drug-likeness (QED) is 0.893. The van der Waals surface area contributed by atoms with Crippen molar-refractivity contribution >= 4 is 11.3 Å². The van der Waals surface area contributed by atoms with E-state index < -0.39 is 0 Å². The van der Waals surface area contributed by atoms with Crippen LogP contribution in [0, 0.1) is 6.92 Å². The van der Waals surface area contributed by atoms with E-state index in [9.17, 15) is 0 Å². The summed E-state index contributed by atoms with van der Waals surface area (Å²) in [6.45, 7) is 9.74. The Hall–Kier alpha value is -1.19. The summed E-state index contributed by atoms with van der Waals surface area (Å²) in [7, 11) is 0. The van der Waals surface area contributed by atoms with Gasteiger partial charge in [-0.15, -0.1) is 11.3 Å². The summed E-state index contributed by atoms with van der Waals surface area (Å²) in [5.74, 6) is 0.473. The van der Waals surface area contributed by atoms with Gasteiger partial charge >= 0.3 is 0 Å². The molecule has 2 nitrogen and oxygen atoms in total. The fourth-order valence-electron chi connectivity index (χ4n) is 2.14. The monoisotopic (exact) mass is 288 g/mol. The van der Waals surface area contributed by atoms with E-state index >= 15 is 0 Å². The first kappa shape index (κ1) is 15.2. The van der Waals surface area contributed by atoms with Crippen molar-refractivity contribution in [1.29, 1.82) is 0 Å². The highest BCUT2D eigenvalue weighted by molar-refractivity contribution is 7.09. The lowest BCUT2D eigenvalue weighted by Gasteiger charge is -2.25. The van der Waals surface area contributed by atoms with Gasteiger partial charge in [-0.05, 0) is 33.3 Å². The van der Waals surface area contributed by atoms with Gasteiger partial charge in [0.05, 0.1) is 5.01 Å². The summed E-state index contributed by atoms with van der Waals surface area (Å²) in [6, 6.07) is 8.89. The summed E-state index contributed by atoms with van der Waals surface area (Å²) in [4.78, 5) is 4.43. The highest BCUT2D eigenvalue weighted by Gasteiger charge is 2.17. The van der Waals surface area contributed by atoms with E-state index in [0.29, 0.717) is 5.92 Å². The molecule has 1 unspecified atom stereocenters. The number of nitrogens with one attached hydrogen (secondary N) is 1. The van der Waals surface area contributed by atoms with E-state index in [1.54, 1.807) is 11.3 Å². The molecule has 108 valence electrons. The van der Waals surface area contributed by atoms with Gasteiger partial charge in [0, 0.05) is 36.0 Å². The van der Waals surface area contributed by atoms with Crippen molar-refractivity contribution in [2.24, 2.45) is 0 Å². The lowest BCUT2D eigenvalue weighted by atomic mass is 9.94. The van der Waals surface area contributed by atoms with Crippen molar-refractivity contribution in [2.45, 2.75) is 45.6 Å². The zero-order chi connectivity index (χ0) is 14.6. The second kappa shape index (κ2) is 6.51. The van der Waals surface area contributed by atoms with E-state index in [2.05, 4.69) is 67.6 Å². The topological polar surface area (TPSA) is 24.9 Å². The average molecular weight is 288 g/mol. The number of hydrogen-bond acceptors (Lipinski definition) is 3. The lowest BCUT2D eigenvalue weighted by molar-refractivity contribution is 0.405. The van der Waals surface area contributed by atoms with Crippen molar-refractivity contribution in [3.63, 3.8) is 0 Å². The minimum atomic E-state index is 0.145. The zero-order valence-corrected chi connectivity index (χ0v) is 13.6. The number of benzene rings is 1. The number of aromatic nitrogens is 1. The summed E-state index contributed by atoms with van der Waals surface area (Å²) in [6.07, 6.45) is 2.90. The summed E-state index contributed by atoms with van der Waals surface area (Å²) in [5, 5.41) is 6.89. The molecule has 0 radical (unpaired) electrons. The Morgan fingerprint density at radius 1 is 1.20 bits per heavy atom. The van der Waals surface area contributed by atoms with Gasteiger partial charge in [0.25, 0.3) is 0 Å². The van der Waals surface area contributed by atoms with Crippen LogP contribution in [0.2, 0.25) is 0 Å². The van der Waals surface area contributed by atoms with Crippen molar-refractivity contribution in [1.82, 2.24) is 10.3 Å². The van der Waals surface area contributed by atoms with Crippen LogP contribution >= 0.6 is 11.3 Å². The van der Waals surface area contributed by atoms with Crippen LogP contribution in [0.4, 0.5) is 0 Å². The van der Waals surface area contributed by atoms with Gasteiger partial charge in [-0.25, -0.2) is 4.98 Å². The molecule has 3 heteroatoms. The first-order valence-corrected chi connectivity index (χ1v) is 8.02. The molecule has 0 bridgehead atoms. The van der Waals surface area contributed by atoms with Crippen molar-refractivity contribution in [3.05, 3.63) is 52.0 Å². The summed E-state index contributed by atoms with van der Waals surface area (Å²) >= 11 is 1.74. The number of nitrogens with zero attached hydrogens (tertiary/aromatic N) is 1. The molecule has 0 fully saturated rings. The van der Waals surface area contributed by atoms with Crippen molar-refractivity contribution in [3.8, 4) is 0 Å². The summed E-state index contributed by atoms with van der Waals surface area (Å²) < 4.78 is 0.